The number of carbonyl (C=O) groups is 1. The van der Waals surface area contributed by atoms with Gasteiger partial charge in [0, 0.05) is 11.6 Å². The molecule has 1 heterocycles. The summed E-state index contributed by atoms with van der Waals surface area (Å²) in [5.74, 6) is -0.253. The van der Waals surface area contributed by atoms with Gasteiger partial charge in [0.25, 0.3) is 0 Å². The van der Waals surface area contributed by atoms with Gasteiger partial charge in [-0.25, -0.2) is 4.39 Å². The molecule has 1 saturated carbocycles. The lowest BCUT2D eigenvalue weighted by molar-refractivity contribution is -0.118. The molecule has 4 rings (SSSR count). The number of rotatable bonds is 4. The predicted molar refractivity (Wildman–Crippen MR) is 92.2 cm³/mol. The van der Waals surface area contributed by atoms with Crippen LogP contribution in [0.25, 0.3) is 10.9 Å². The summed E-state index contributed by atoms with van der Waals surface area (Å²) < 4.78 is 13.2. The molecule has 3 nitrogen and oxygen atoms in total. The number of pyridine rings is 1. The van der Waals surface area contributed by atoms with Gasteiger partial charge in [-0.05, 0) is 48.6 Å². The summed E-state index contributed by atoms with van der Waals surface area (Å²) in [5, 5.41) is 4.01. The van der Waals surface area contributed by atoms with Gasteiger partial charge in [-0.15, -0.1) is 0 Å². The maximum Gasteiger partial charge on any atom is 0.232 e. The van der Waals surface area contributed by atoms with Crippen LogP contribution in [0.4, 0.5) is 10.1 Å². The molecule has 120 valence electrons. The van der Waals surface area contributed by atoms with Crippen LogP contribution in [0.3, 0.4) is 0 Å². The van der Waals surface area contributed by atoms with Crippen LogP contribution < -0.4 is 5.32 Å². The van der Waals surface area contributed by atoms with Crippen molar-refractivity contribution in [3.63, 3.8) is 0 Å². The zero-order valence-electron chi connectivity index (χ0n) is 13.1. The third kappa shape index (κ3) is 2.87. The van der Waals surface area contributed by atoms with Gasteiger partial charge in [0.15, 0.2) is 0 Å². The first-order chi connectivity index (χ1) is 11.7. The van der Waals surface area contributed by atoms with Crippen molar-refractivity contribution in [1.29, 1.82) is 0 Å². The highest BCUT2D eigenvalue weighted by molar-refractivity contribution is 6.02. The van der Waals surface area contributed by atoms with E-state index in [1.54, 1.807) is 18.3 Å². The molecule has 0 aliphatic heterocycles. The van der Waals surface area contributed by atoms with Gasteiger partial charge in [0.2, 0.25) is 5.91 Å². The number of hydrogen-bond acceptors (Lipinski definition) is 2. The minimum atomic E-state index is -0.285. The second-order valence-electron chi connectivity index (χ2n) is 6.24. The fourth-order valence-corrected chi connectivity index (χ4v) is 3.15. The first-order valence-corrected chi connectivity index (χ1v) is 8.12. The fraction of sp³-hybridized carbons (Fsp3) is 0.200. The van der Waals surface area contributed by atoms with Gasteiger partial charge in [0.05, 0.1) is 17.1 Å². The number of carbonyl (C=O) groups excluding carboxylic acids is 1. The Kier molecular flexibility index (Phi) is 3.73. The summed E-state index contributed by atoms with van der Waals surface area (Å²) in [6, 6.07) is 15.8. The van der Waals surface area contributed by atoms with Crippen molar-refractivity contribution in [2.45, 2.75) is 18.8 Å². The van der Waals surface area contributed by atoms with E-state index in [1.165, 1.54) is 12.1 Å². The van der Waals surface area contributed by atoms with Crippen LogP contribution in [-0.2, 0) is 4.79 Å². The minimum Gasteiger partial charge on any atom is -0.324 e. The highest BCUT2D eigenvalue weighted by Gasteiger charge is 2.37. The Balaban J connectivity index is 1.65. The van der Waals surface area contributed by atoms with Gasteiger partial charge in [-0.3, -0.25) is 9.78 Å². The Bertz CT molecular complexity index is 882. The summed E-state index contributed by atoms with van der Waals surface area (Å²) in [7, 11) is 0. The van der Waals surface area contributed by atoms with Crippen LogP contribution in [0.2, 0.25) is 0 Å². The topological polar surface area (TPSA) is 42.0 Å². The Morgan fingerprint density at radius 2 is 1.83 bits per heavy atom. The van der Waals surface area contributed by atoms with Crippen molar-refractivity contribution in [3.05, 3.63) is 72.2 Å². The number of amides is 1. The van der Waals surface area contributed by atoms with E-state index in [0.29, 0.717) is 11.6 Å². The first-order valence-electron chi connectivity index (χ1n) is 8.12. The number of para-hydroxylation sites is 1. The van der Waals surface area contributed by atoms with Gasteiger partial charge in [0.1, 0.15) is 5.82 Å². The zero-order valence-corrected chi connectivity index (χ0v) is 13.1. The molecule has 1 atom stereocenters. The van der Waals surface area contributed by atoms with E-state index in [9.17, 15) is 9.18 Å². The molecule has 1 aromatic heterocycles. The zero-order chi connectivity index (χ0) is 16.5. The number of hydrogen-bond donors (Lipinski definition) is 1. The molecule has 24 heavy (non-hydrogen) atoms. The van der Waals surface area contributed by atoms with E-state index in [0.717, 1.165) is 29.3 Å². The van der Waals surface area contributed by atoms with Crippen molar-refractivity contribution in [1.82, 2.24) is 4.98 Å². The molecule has 1 amide bonds. The Morgan fingerprint density at radius 1 is 1.08 bits per heavy atom. The third-order valence-electron chi connectivity index (χ3n) is 4.50. The van der Waals surface area contributed by atoms with E-state index >= 15 is 0 Å². The maximum atomic E-state index is 13.2. The van der Waals surface area contributed by atoms with Crippen LogP contribution in [0.5, 0.6) is 0 Å². The van der Waals surface area contributed by atoms with Gasteiger partial charge in [-0.2, -0.15) is 0 Å². The summed E-state index contributed by atoms with van der Waals surface area (Å²) in [5.41, 5.74) is 2.36. The van der Waals surface area contributed by atoms with Crippen molar-refractivity contribution in [3.8, 4) is 0 Å². The number of aromatic nitrogens is 1. The summed E-state index contributed by atoms with van der Waals surface area (Å²) in [4.78, 5) is 17.3. The van der Waals surface area contributed by atoms with Crippen LogP contribution in [0, 0.1) is 11.7 Å². The molecule has 0 radical (unpaired) electrons. The van der Waals surface area contributed by atoms with Gasteiger partial charge in [-0.1, -0.05) is 30.3 Å². The Hall–Kier alpha value is -2.75. The van der Waals surface area contributed by atoms with Crippen molar-refractivity contribution in [2.75, 3.05) is 5.32 Å². The fourth-order valence-electron chi connectivity index (χ4n) is 3.15. The Morgan fingerprint density at radius 3 is 2.58 bits per heavy atom. The monoisotopic (exact) mass is 320 g/mol. The van der Waals surface area contributed by atoms with E-state index in [-0.39, 0.29) is 17.6 Å². The minimum absolute atomic E-state index is 0.0535. The quantitative estimate of drug-likeness (QED) is 0.768. The second kappa shape index (κ2) is 6.04. The maximum absolute atomic E-state index is 13.2. The largest absolute Gasteiger partial charge is 0.324 e. The summed E-state index contributed by atoms with van der Waals surface area (Å²) in [6.45, 7) is 0. The van der Waals surface area contributed by atoms with E-state index in [1.807, 2.05) is 30.3 Å². The highest BCUT2D eigenvalue weighted by Crippen LogP contribution is 2.43. The molecule has 1 unspecified atom stereocenters. The first kappa shape index (κ1) is 14.8. The molecular weight excluding hydrogens is 303 g/mol. The summed E-state index contributed by atoms with van der Waals surface area (Å²) in [6.07, 6.45) is 3.78. The molecule has 3 aromatic rings. The summed E-state index contributed by atoms with van der Waals surface area (Å²) >= 11 is 0. The third-order valence-corrected chi connectivity index (χ3v) is 4.50. The molecule has 2 aromatic carbocycles. The van der Waals surface area contributed by atoms with Crippen LogP contribution in [0.15, 0.2) is 60.8 Å². The number of nitrogens with one attached hydrogen (secondary N) is 1. The normalized spacial score (nSPS) is 15.2. The molecule has 1 N–H and O–H groups in total. The molecule has 0 saturated heterocycles. The lowest BCUT2D eigenvalue weighted by Gasteiger charge is -2.17. The highest BCUT2D eigenvalue weighted by atomic mass is 19.1. The van der Waals surface area contributed by atoms with Crippen molar-refractivity contribution < 1.29 is 9.18 Å². The van der Waals surface area contributed by atoms with Gasteiger partial charge >= 0.3 is 0 Å². The standard InChI is InChI=1S/C20H17FN2O/c21-16-10-8-14(9-11-16)18(13-6-7-13)20(24)23-17-5-1-3-15-4-2-12-22-19(15)17/h1-5,8-13,18H,6-7H2,(H,23,24). The molecule has 1 fully saturated rings. The number of benzene rings is 2. The lowest BCUT2D eigenvalue weighted by atomic mass is 9.93. The average molecular weight is 320 g/mol. The number of anilines is 1. The average Bonchev–Trinajstić information content (AvgIpc) is 3.42. The lowest BCUT2D eigenvalue weighted by Crippen LogP contribution is -2.23. The van der Waals surface area contributed by atoms with Crippen LogP contribution in [-0.4, -0.2) is 10.9 Å². The SMILES string of the molecule is O=C(Nc1cccc2cccnc12)C(c1ccc(F)cc1)C1CC1. The number of halogens is 1. The second-order valence-corrected chi connectivity index (χ2v) is 6.24. The van der Waals surface area contributed by atoms with Crippen LogP contribution >= 0.6 is 0 Å². The molecule has 0 spiro atoms. The number of nitrogens with zero attached hydrogens (tertiary/aromatic N) is 1. The molecule has 4 heteroatoms. The predicted octanol–water partition coefficient (Wildman–Crippen LogP) is 4.51. The Labute approximate surface area is 139 Å². The van der Waals surface area contributed by atoms with E-state index in [4.69, 9.17) is 0 Å². The molecule has 1 aliphatic carbocycles. The van der Waals surface area contributed by atoms with Crippen LogP contribution in [0.1, 0.15) is 24.3 Å². The molecular formula is C20H17FN2O. The number of fused-ring (bicyclic) bond motifs is 1. The molecule has 0 bridgehead atoms. The van der Waals surface area contributed by atoms with Gasteiger partial charge < -0.3 is 5.32 Å². The van der Waals surface area contributed by atoms with Crippen molar-refractivity contribution in [2.24, 2.45) is 5.92 Å². The van der Waals surface area contributed by atoms with E-state index in [2.05, 4.69) is 10.3 Å². The van der Waals surface area contributed by atoms with Crippen molar-refractivity contribution >= 4 is 22.5 Å². The van der Waals surface area contributed by atoms with E-state index < -0.39 is 0 Å². The molecule has 1 aliphatic rings. The smallest absolute Gasteiger partial charge is 0.232 e.